The number of guanidine groups is 1. The van der Waals surface area contributed by atoms with Crippen LogP contribution >= 0.6 is 35.3 Å². The minimum Gasteiger partial charge on any atom is -0.363 e. The molecule has 1 aliphatic rings. The van der Waals surface area contributed by atoms with Gasteiger partial charge in [-0.1, -0.05) is 19.1 Å². The molecule has 1 aromatic carbocycles. The van der Waals surface area contributed by atoms with Crippen LogP contribution in [-0.4, -0.2) is 44.1 Å². The van der Waals surface area contributed by atoms with E-state index in [1.165, 1.54) is 5.00 Å². The quantitative estimate of drug-likeness (QED) is 0.272. The van der Waals surface area contributed by atoms with E-state index in [0.717, 1.165) is 43.9 Å². The fraction of sp³-hybridized carbons (Fsp3) is 0.478. The minimum absolute atomic E-state index is 0. The molecule has 31 heavy (non-hydrogen) atoms. The molecule has 1 fully saturated rings. The van der Waals surface area contributed by atoms with Gasteiger partial charge in [-0.05, 0) is 61.4 Å². The molecule has 1 saturated heterocycles. The SMILES string of the molecule is CCC(C)NC(=O)c1ccc(CNC(=NC)NC2CCN(c3cccs3)CC2)cc1.I. The number of amides is 1. The molecule has 0 aliphatic carbocycles. The Bertz CT molecular complexity index is 817. The van der Waals surface area contributed by atoms with Crippen LogP contribution in [0.15, 0.2) is 46.8 Å². The predicted octanol–water partition coefficient (Wildman–Crippen LogP) is 4.23. The number of nitrogens with one attached hydrogen (secondary N) is 3. The second kappa shape index (κ2) is 12.9. The molecule has 0 bridgehead atoms. The highest BCUT2D eigenvalue weighted by molar-refractivity contribution is 14.0. The summed E-state index contributed by atoms with van der Waals surface area (Å²) in [6.45, 7) is 6.88. The maximum atomic E-state index is 12.2. The third kappa shape index (κ3) is 7.68. The first-order chi connectivity index (χ1) is 14.6. The molecule has 1 amide bonds. The number of piperidine rings is 1. The van der Waals surface area contributed by atoms with Crippen LogP contribution in [0.25, 0.3) is 0 Å². The molecule has 1 atom stereocenters. The van der Waals surface area contributed by atoms with Crippen molar-refractivity contribution in [3.05, 3.63) is 52.9 Å². The zero-order chi connectivity index (χ0) is 21.3. The van der Waals surface area contributed by atoms with Crippen LogP contribution in [0.1, 0.15) is 49.0 Å². The Morgan fingerprint density at radius 1 is 1.23 bits per heavy atom. The smallest absolute Gasteiger partial charge is 0.251 e. The molecule has 0 saturated carbocycles. The molecule has 3 rings (SSSR count). The molecule has 0 radical (unpaired) electrons. The van der Waals surface area contributed by atoms with Crippen molar-refractivity contribution in [2.45, 2.75) is 51.7 Å². The van der Waals surface area contributed by atoms with Crippen LogP contribution in [0.2, 0.25) is 0 Å². The van der Waals surface area contributed by atoms with E-state index in [9.17, 15) is 4.79 Å². The van der Waals surface area contributed by atoms with Gasteiger partial charge in [0.1, 0.15) is 0 Å². The normalized spacial score (nSPS) is 15.7. The van der Waals surface area contributed by atoms with Crippen molar-refractivity contribution in [3.8, 4) is 0 Å². The van der Waals surface area contributed by atoms with E-state index in [4.69, 9.17) is 0 Å². The molecule has 170 valence electrons. The zero-order valence-electron chi connectivity index (χ0n) is 18.6. The van der Waals surface area contributed by atoms with E-state index in [1.807, 2.05) is 31.2 Å². The van der Waals surface area contributed by atoms with E-state index >= 15 is 0 Å². The van der Waals surface area contributed by atoms with Crippen molar-refractivity contribution >= 4 is 52.2 Å². The number of carbonyl (C=O) groups is 1. The van der Waals surface area contributed by atoms with Crippen molar-refractivity contribution in [2.24, 2.45) is 4.99 Å². The number of hydrogen-bond acceptors (Lipinski definition) is 4. The number of rotatable bonds is 7. The standard InChI is InChI=1S/C23H33N5OS.HI/c1-4-17(2)26-22(29)19-9-7-18(8-10-19)16-25-23(24-3)27-20-11-13-28(14-12-20)21-6-5-15-30-21;/h5-10,15,17,20H,4,11-14,16H2,1-3H3,(H,26,29)(H2,24,25,27);1H. The molecule has 6 nitrogen and oxygen atoms in total. The Labute approximate surface area is 206 Å². The van der Waals surface area contributed by atoms with Gasteiger partial charge in [0, 0.05) is 44.3 Å². The maximum Gasteiger partial charge on any atom is 0.251 e. The second-order valence-electron chi connectivity index (χ2n) is 7.76. The highest BCUT2D eigenvalue weighted by Gasteiger charge is 2.20. The van der Waals surface area contributed by atoms with E-state index in [0.29, 0.717) is 18.2 Å². The lowest BCUT2D eigenvalue weighted by atomic mass is 10.1. The van der Waals surface area contributed by atoms with Crippen LogP contribution < -0.4 is 20.9 Å². The van der Waals surface area contributed by atoms with Gasteiger partial charge in [0.25, 0.3) is 5.91 Å². The number of nitrogens with zero attached hydrogens (tertiary/aromatic N) is 2. The Morgan fingerprint density at radius 2 is 1.94 bits per heavy atom. The summed E-state index contributed by atoms with van der Waals surface area (Å²) in [7, 11) is 1.80. The molecule has 0 spiro atoms. The average molecular weight is 556 g/mol. The lowest BCUT2D eigenvalue weighted by Gasteiger charge is -2.33. The highest BCUT2D eigenvalue weighted by atomic mass is 127. The molecular formula is C23H34IN5OS. The lowest BCUT2D eigenvalue weighted by molar-refractivity contribution is 0.0939. The number of thiophene rings is 1. The van der Waals surface area contributed by atoms with E-state index in [-0.39, 0.29) is 35.9 Å². The number of hydrogen-bond donors (Lipinski definition) is 3. The van der Waals surface area contributed by atoms with E-state index < -0.39 is 0 Å². The molecular weight excluding hydrogens is 521 g/mol. The van der Waals surface area contributed by atoms with Crippen LogP contribution in [0.5, 0.6) is 0 Å². The summed E-state index contributed by atoms with van der Waals surface area (Å²) in [6.07, 6.45) is 3.12. The van der Waals surface area contributed by atoms with Crippen molar-refractivity contribution in [1.29, 1.82) is 0 Å². The molecule has 3 N–H and O–H groups in total. The van der Waals surface area contributed by atoms with Gasteiger partial charge >= 0.3 is 0 Å². The summed E-state index contributed by atoms with van der Waals surface area (Å²) in [6, 6.07) is 12.7. The molecule has 1 unspecified atom stereocenters. The van der Waals surface area contributed by atoms with E-state index in [1.54, 1.807) is 18.4 Å². The van der Waals surface area contributed by atoms with Crippen molar-refractivity contribution in [2.75, 3.05) is 25.0 Å². The van der Waals surface area contributed by atoms with Crippen molar-refractivity contribution in [3.63, 3.8) is 0 Å². The Hall–Kier alpha value is -1.81. The largest absolute Gasteiger partial charge is 0.363 e. The Balaban J connectivity index is 0.00000341. The predicted molar refractivity (Wildman–Crippen MR) is 142 cm³/mol. The second-order valence-corrected chi connectivity index (χ2v) is 8.69. The third-order valence-corrected chi connectivity index (χ3v) is 6.47. The summed E-state index contributed by atoms with van der Waals surface area (Å²) in [5.74, 6) is 0.804. The summed E-state index contributed by atoms with van der Waals surface area (Å²) in [4.78, 5) is 19.0. The number of anilines is 1. The Morgan fingerprint density at radius 3 is 2.52 bits per heavy atom. The zero-order valence-corrected chi connectivity index (χ0v) is 21.7. The first kappa shape index (κ1) is 25.5. The van der Waals surface area contributed by atoms with Gasteiger partial charge in [0.15, 0.2) is 5.96 Å². The Kier molecular flexibility index (Phi) is 10.6. The fourth-order valence-corrected chi connectivity index (χ4v) is 4.24. The maximum absolute atomic E-state index is 12.2. The molecule has 1 aromatic heterocycles. The lowest BCUT2D eigenvalue weighted by Crippen LogP contribution is -2.48. The van der Waals surface area contributed by atoms with Crippen LogP contribution in [0, 0.1) is 0 Å². The van der Waals surface area contributed by atoms with Gasteiger partial charge in [-0.3, -0.25) is 9.79 Å². The number of aliphatic imine (C=N–C) groups is 1. The van der Waals surface area contributed by atoms with Gasteiger partial charge < -0.3 is 20.9 Å². The fourth-order valence-electron chi connectivity index (χ4n) is 3.45. The minimum atomic E-state index is -0.0183. The average Bonchev–Trinajstić information content (AvgIpc) is 3.32. The summed E-state index contributed by atoms with van der Waals surface area (Å²) in [5, 5.41) is 13.4. The number of carbonyl (C=O) groups excluding carboxylic acids is 1. The van der Waals surface area contributed by atoms with Gasteiger partial charge in [-0.15, -0.1) is 35.3 Å². The van der Waals surface area contributed by atoms with Crippen molar-refractivity contribution in [1.82, 2.24) is 16.0 Å². The van der Waals surface area contributed by atoms with Gasteiger partial charge in [-0.25, -0.2) is 0 Å². The first-order valence-corrected chi connectivity index (χ1v) is 11.6. The topological polar surface area (TPSA) is 68.8 Å². The van der Waals surface area contributed by atoms with E-state index in [2.05, 4.69) is 50.3 Å². The monoisotopic (exact) mass is 555 g/mol. The van der Waals surface area contributed by atoms with Crippen LogP contribution in [0.4, 0.5) is 5.00 Å². The first-order valence-electron chi connectivity index (χ1n) is 10.7. The van der Waals surface area contributed by atoms with Gasteiger partial charge in [0.05, 0.1) is 5.00 Å². The molecule has 2 heterocycles. The summed E-state index contributed by atoms with van der Waals surface area (Å²) >= 11 is 1.81. The number of benzene rings is 1. The molecule has 8 heteroatoms. The highest BCUT2D eigenvalue weighted by Crippen LogP contribution is 2.24. The number of halogens is 1. The van der Waals surface area contributed by atoms with Gasteiger partial charge in [-0.2, -0.15) is 0 Å². The molecule has 2 aromatic rings. The summed E-state index contributed by atoms with van der Waals surface area (Å²) in [5.41, 5.74) is 1.81. The van der Waals surface area contributed by atoms with Crippen molar-refractivity contribution < 1.29 is 4.79 Å². The van der Waals surface area contributed by atoms with Crippen LogP contribution in [0.3, 0.4) is 0 Å². The summed E-state index contributed by atoms with van der Waals surface area (Å²) < 4.78 is 0. The third-order valence-electron chi connectivity index (χ3n) is 5.54. The van der Waals surface area contributed by atoms with Crippen LogP contribution in [-0.2, 0) is 6.54 Å². The molecule has 1 aliphatic heterocycles. The van der Waals surface area contributed by atoms with Gasteiger partial charge in [0.2, 0.25) is 0 Å².